The standard InChI is InChI=1S/C8H12F3NO2/c9-8(10,11)5-2-1-3-6(4-5)12-7(13)14/h5-6,12H,1-4H2,(H,13,14)/t5-,6+/m1/s1. The molecule has 0 aliphatic heterocycles. The lowest BCUT2D eigenvalue weighted by atomic mass is 9.85. The molecule has 1 aliphatic carbocycles. The summed E-state index contributed by atoms with van der Waals surface area (Å²) in [6.45, 7) is 0. The van der Waals surface area contributed by atoms with Crippen molar-refractivity contribution >= 4 is 6.09 Å². The van der Waals surface area contributed by atoms with Crippen molar-refractivity contribution in [2.75, 3.05) is 0 Å². The van der Waals surface area contributed by atoms with Gasteiger partial charge in [0.05, 0.1) is 5.92 Å². The van der Waals surface area contributed by atoms with E-state index in [2.05, 4.69) is 5.32 Å². The number of rotatable bonds is 1. The highest BCUT2D eigenvalue weighted by atomic mass is 19.4. The average Bonchev–Trinajstić information content (AvgIpc) is 2.01. The first-order valence-electron chi connectivity index (χ1n) is 4.46. The molecule has 0 spiro atoms. The number of carboxylic acid groups (broad SMARTS) is 1. The predicted octanol–water partition coefficient (Wildman–Crippen LogP) is 2.38. The second-order valence-corrected chi connectivity index (χ2v) is 3.55. The third-order valence-corrected chi connectivity index (χ3v) is 2.46. The Hall–Kier alpha value is -0.940. The Labute approximate surface area is 79.3 Å². The first-order valence-corrected chi connectivity index (χ1v) is 4.46. The van der Waals surface area contributed by atoms with Gasteiger partial charge in [0.1, 0.15) is 0 Å². The molecule has 0 saturated heterocycles. The topological polar surface area (TPSA) is 49.3 Å². The molecule has 14 heavy (non-hydrogen) atoms. The molecule has 0 unspecified atom stereocenters. The number of carbonyl (C=O) groups is 1. The van der Waals surface area contributed by atoms with Gasteiger partial charge in [0.15, 0.2) is 0 Å². The van der Waals surface area contributed by atoms with Crippen molar-refractivity contribution in [1.82, 2.24) is 5.32 Å². The molecule has 2 atom stereocenters. The third kappa shape index (κ3) is 3.08. The van der Waals surface area contributed by atoms with Crippen LogP contribution in [0, 0.1) is 5.92 Å². The van der Waals surface area contributed by atoms with Crippen molar-refractivity contribution in [3.8, 4) is 0 Å². The quantitative estimate of drug-likeness (QED) is 0.699. The average molecular weight is 211 g/mol. The van der Waals surface area contributed by atoms with Crippen LogP contribution in [-0.4, -0.2) is 23.4 Å². The minimum absolute atomic E-state index is 0.112. The highest BCUT2D eigenvalue weighted by molar-refractivity contribution is 5.64. The Balaban J connectivity index is 2.48. The lowest BCUT2D eigenvalue weighted by Crippen LogP contribution is -2.40. The zero-order valence-corrected chi connectivity index (χ0v) is 7.47. The third-order valence-electron chi connectivity index (χ3n) is 2.46. The van der Waals surface area contributed by atoms with Gasteiger partial charge >= 0.3 is 12.3 Å². The first kappa shape index (κ1) is 11.1. The fourth-order valence-corrected chi connectivity index (χ4v) is 1.79. The number of hydrogen-bond donors (Lipinski definition) is 2. The maximum Gasteiger partial charge on any atom is 0.404 e. The van der Waals surface area contributed by atoms with Gasteiger partial charge in [0.2, 0.25) is 0 Å². The summed E-state index contributed by atoms with van der Waals surface area (Å²) >= 11 is 0. The zero-order valence-electron chi connectivity index (χ0n) is 7.47. The van der Waals surface area contributed by atoms with Crippen molar-refractivity contribution in [2.24, 2.45) is 5.92 Å². The zero-order chi connectivity index (χ0) is 10.8. The molecular formula is C8H12F3NO2. The van der Waals surface area contributed by atoms with Crippen molar-refractivity contribution in [1.29, 1.82) is 0 Å². The fourth-order valence-electron chi connectivity index (χ4n) is 1.79. The predicted molar refractivity (Wildman–Crippen MR) is 43.0 cm³/mol. The van der Waals surface area contributed by atoms with Crippen molar-refractivity contribution in [2.45, 2.75) is 37.9 Å². The molecule has 82 valence electrons. The molecule has 0 aromatic heterocycles. The van der Waals surface area contributed by atoms with Gasteiger partial charge in [-0.1, -0.05) is 6.42 Å². The molecule has 0 aromatic rings. The molecule has 2 N–H and O–H groups in total. The molecule has 1 saturated carbocycles. The summed E-state index contributed by atoms with van der Waals surface area (Å²) in [5.74, 6) is -1.35. The van der Waals surface area contributed by atoms with Crippen LogP contribution >= 0.6 is 0 Å². The summed E-state index contributed by atoms with van der Waals surface area (Å²) in [4.78, 5) is 10.2. The van der Waals surface area contributed by atoms with Gasteiger partial charge in [-0.25, -0.2) is 4.79 Å². The number of nitrogens with one attached hydrogen (secondary N) is 1. The summed E-state index contributed by atoms with van der Waals surface area (Å²) in [5.41, 5.74) is 0. The molecule has 0 radical (unpaired) electrons. The molecule has 0 bridgehead atoms. The van der Waals surface area contributed by atoms with Gasteiger partial charge < -0.3 is 10.4 Å². The molecule has 1 rings (SSSR count). The van der Waals surface area contributed by atoms with E-state index in [-0.39, 0.29) is 12.8 Å². The highest BCUT2D eigenvalue weighted by Crippen LogP contribution is 2.37. The van der Waals surface area contributed by atoms with Crippen molar-refractivity contribution in [3.63, 3.8) is 0 Å². The summed E-state index contributed by atoms with van der Waals surface area (Å²) in [6.07, 6.45) is -4.54. The van der Waals surface area contributed by atoms with Gasteiger partial charge in [0, 0.05) is 6.04 Å². The van der Waals surface area contributed by atoms with Crippen LogP contribution in [0.2, 0.25) is 0 Å². The lowest BCUT2D eigenvalue weighted by Gasteiger charge is -2.30. The summed E-state index contributed by atoms with van der Waals surface area (Å²) in [6, 6.07) is -0.548. The molecule has 3 nitrogen and oxygen atoms in total. The number of hydrogen-bond acceptors (Lipinski definition) is 1. The SMILES string of the molecule is O=C(O)N[C@H]1CCC[C@@H](C(F)(F)F)C1. The van der Waals surface area contributed by atoms with Crippen molar-refractivity contribution in [3.05, 3.63) is 0 Å². The van der Waals surface area contributed by atoms with Crippen LogP contribution in [0.5, 0.6) is 0 Å². The summed E-state index contributed by atoms with van der Waals surface area (Å²) < 4.78 is 36.8. The van der Waals surface area contributed by atoms with E-state index in [1.54, 1.807) is 0 Å². The van der Waals surface area contributed by atoms with E-state index in [1.165, 1.54) is 0 Å². The second kappa shape index (κ2) is 4.06. The first-order chi connectivity index (χ1) is 6.39. The smallest absolute Gasteiger partial charge is 0.404 e. The van der Waals surface area contributed by atoms with Crippen LogP contribution in [0.4, 0.5) is 18.0 Å². The normalized spacial score (nSPS) is 28.5. The van der Waals surface area contributed by atoms with Crippen LogP contribution in [-0.2, 0) is 0 Å². The van der Waals surface area contributed by atoms with E-state index in [1.807, 2.05) is 0 Å². The van der Waals surface area contributed by atoms with Gasteiger partial charge in [-0.05, 0) is 19.3 Å². The highest BCUT2D eigenvalue weighted by Gasteiger charge is 2.42. The molecule has 1 aliphatic rings. The van der Waals surface area contributed by atoms with Crippen LogP contribution in [0.3, 0.4) is 0 Å². The van der Waals surface area contributed by atoms with E-state index in [4.69, 9.17) is 5.11 Å². The Morgan fingerprint density at radius 1 is 1.36 bits per heavy atom. The number of amides is 1. The van der Waals surface area contributed by atoms with E-state index in [0.717, 1.165) is 0 Å². The Morgan fingerprint density at radius 3 is 2.50 bits per heavy atom. The Kier molecular flexibility index (Phi) is 3.23. The minimum Gasteiger partial charge on any atom is -0.465 e. The summed E-state index contributed by atoms with van der Waals surface area (Å²) in [5, 5.41) is 10.5. The molecule has 1 amide bonds. The van der Waals surface area contributed by atoms with Crippen LogP contribution < -0.4 is 5.32 Å². The molecule has 0 aromatic carbocycles. The maximum absolute atomic E-state index is 12.3. The van der Waals surface area contributed by atoms with Gasteiger partial charge in [-0.15, -0.1) is 0 Å². The monoisotopic (exact) mass is 211 g/mol. The van der Waals surface area contributed by atoms with E-state index in [9.17, 15) is 18.0 Å². The minimum atomic E-state index is -4.20. The molecule has 1 fully saturated rings. The molecule has 6 heteroatoms. The van der Waals surface area contributed by atoms with Crippen molar-refractivity contribution < 1.29 is 23.1 Å². The van der Waals surface area contributed by atoms with Gasteiger partial charge in [-0.2, -0.15) is 13.2 Å². The number of alkyl halides is 3. The second-order valence-electron chi connectivity index (χ2n) is 3.55. The molecule has 0 heterocycles. The van der Waals surface area contributed by atoms with Crippen LogP contribution in [0.1, 0.15) is 25.7 Å². The largest absolute Gasteiger partial charge is 0.465 e. The summed E-state index contributed by atoms with van der Waals surface area (Å²) in [7, 11) is 0. The van der Waals surface area contributed by atoms with Gasteiger partial charge in [0.25, 0.3) is 0 Å². The molecular weight excluding hydrogens is 199 g/mol. The number of halogens is 3. The van der Waals surface area contributed by atoms with E-state index < -0.39 is 24.2 Å². The van der Waals surface area contributed by atoms with E-state index in [0.29, 0.717) is 12.8 Å². The lowest BCUT2D eigenvalue weighted by molar-refractivity contribution is -0.183. The van der Waals surface area contributed by atoms with Gasteiger partial charge in [-0.3, -0.25) is 0 Å². The Bertz CT molecular complexity index is 217. The van der Waals surface area contributed by atoms with E-state index >= 15 is 0 Å². The van der Waals surface area contributed by atoms with Crippen LogP contribution in [0.25, 0.3) is 0 Å². The Morgan fingerprint density at radius 2 is 2.00 bits per heavy atom. The maximum atomic E-state index is 12.3. The van der Waals surface area contributed by atoms with Crippen LogP contribution in [0.15, 0.2) is 0 Å². The fraction of sp³-hybridized carbons (Fsp3) is 0.875.